The standard InChI is InChI=1S/C15H26O6S/c16-12(17)6-2-4-8-22-9-11-10-5-1-3-7-20-15(21-11)14(19)13(10)18/h10-11,13-15,18-19H,1-9H2,(H,16,17). The first-order valence-corrected chi connectivity index (χ1v) is 9.18. The Morgan fingerprint density at radius 1 is 1.18 bits per heavy atom. The molecule has 0 spiro atoms. The quantitative estimate of drug-likeness (QED) is 0.603. The minimum Gasteiger partial charge on any atom is -0.481 e. The fraction of sp³-hybridized carbons (Fsp3) is 0.933. The zero-order chi connectivity index (χ0) is 15.9. The summed E-state index contributed by atoms with van der Waals surface area (Å²) in [4.78, 5) is 10.4. The smallest absolute Gasteiger partial charge is 0.303 e. The monoisotopic (exact) mass is 334 g/mol. The molecule has 7 heteroatoms. The molecular weight excluding hydrogens is 308 g/mol. The average molecular weight is 334 g/mol. The van der Waals surface area contributed by atoms with Gasteiger partial charge in [0.15, 0.2) is 6.29 Å². The molecule has 0 saturated carbocycles. The van der Waals surface area contributed by atoms with Crippen molar-refractivity contribution in [2.45, 2.75) is 63.1 Å². The van der Waals surface area contributed by atoms with Crippen LogP contribution in [0.3, 0.4) is 0 Å². The van der Waals surface area contributed by atoms with Crippen molar-refractivity contribution >= 4 is 17.7 Å². The number of fused-ring (bicyclic) bond motifs is 6. The van der Waals surface area contributed by atoms with Gasteiger partial charge in [-0.2, -0.15) is 11.8 Å². The van der Waals surface area contributed by atoms with Crippen LogP contribution in [0.15, 0.2) is 0 Å². The van der Waals surface area contributed by atoms with Crippen molar-refractivity contribution in [1.29, 1.82) is 0 Å². The Morgan fingerprint density at radius 2 is 2.00 bits per heavy atom. The third kappa shape index (κ3) is 5.09. The minimum absolute atomic E-state index is 0.0560. The van der Waals surface area contributed by atoms with E-state index in [1.54, 1.807) is 11.8 Å². The van der Waals surface area contributed by atoms with Crippen LogP contribution in [-0.4, -0.2) is 64.0 Å². The zero-order valence-corrected chi connectivity index (χ0v) is 13.5. The highest BCUT2D eigenvalue weighted by atomic mass is 32.2. The molecule has 5 unspecified atom stereocenters. The first-order valence-electron chi connectivity index (χ1n) is 8.02. The molecular formula is C15H26O6S. The Labute approximate surface area is 135 Å². The summed E-state index contributed by atoms with van der Waals surface area (Å²) in [6.45, 7) is 0.552. The maximum absolute atomic E-state index is 10.4. The van der Waals surface area contributed by atoms with E-state index in [-0.39, 0.29) is 18.4 Å². The second-order valence-corrected chi connectivity index (χ2v) is 7.13. The van der Waals surface area contributed by atoms with Crippen molar-refractivity contribution in [3.63, 3.8) is 0 Å². The molecule has 0 aromatic carbocycles. The lowest BCUT2D eigenvalue weighted by Gasteiger charge is -2.42. The van der Waals surface area contributed by atoms with Crippen molar-refractivity contribution < 1.29 is 29.6 Å². The summed E-state index contributed by atoms with van der Waals surface area (Å²) in [6, 6.07) is 0. The summed E-state index contributed by atoms with van der Waals surface area (Å²) in [5, 5.41) is 28.9. The fourth-order valence-corrected chi connectivity index (χ4v) is 4.14. The van der Waals surface area contributed by atoms with Crippen LogP contribution in [0.1, 0.15) is 38.5 Å². The molecule has 3 aliphatic rings. The largest absolute Gasteiger partial charge is 0.481 e. The summed E-state index contributed by atoms with van der Waals surface area (Å²) >= 11 is 1.71. The maximum Gasteiger partial charge on any atom is 0.303 e. The van der Waals surface area contributed by atoms with Crippen LogP contribution in [0, 0.1) is 5.92 Å². The summed E-state index contributed by atoms with van der Waals surface area (Å²) in [5.41, 5.74) is 0. The number of ether oxygens (including phenoxy) is 2. The number of hydrogen-bond donors (Lipinski definition) is 3. The lowest BCUT2D eigenvalue weighted by Crippen LogP contribution is -2.55. The molecule has 2 bridgehead atoms. The van der Waals surface area contributed by atoms with Crippen LogP contribution < -0.4 is 0 Å². The number of carboxylic acid groups (broad SMARTS) is 1. The van der Waals surface area contributed by atoms with Crippen LogP contribution in [0.2, 0.25) is 0 Å². The van der Waals surface area contributed by atoms with E-state index < -0.39 is 24.5 Å². The van der Waals surface area contributed by atoms with Gasteiger partial charge in [-0.3, -0.25) is 4.79 Å². The normalized spacial score (nSPS) is 35.6. The number of aliphatic hydroxyl groups is 2. The van der Waals surface area contributed by atoms with Crippen LogP contribution in [0.25, 0.3) is 0 Å². The molecule has 0 aliphatic carbocycles. The van der Waals surface area contributed by atoms with E-state index in [1.165, 1.54) is 0 Å². The fourth-order valence-electron chi connectivity index (χ4n) is 3.01. The molecule has 5 atom stereocenters. The predicted molar refractivity (Wildman–Crippen MR) is 82.8 cm³/mol. The Bertz CT molecular complexity index is 351. The van der Waals surface area contributed by atoms with E-state index in [2.05, 4.69) is 0 Å². The highest BCUT2D eigenvalue weighted by Gasteiger charge is 2.44. The molecule has 3 heterocycles. The van der Waals surface area contributed by atoms with Crippen LogP contribution >= 0.6 is 11.8 Å². The molecule has 3 aliphatic heterocycles. The Morgan fingerprint density at radius 3 is 2.77 bits per heavy atom. The molecule has 3 fully saturated rings. The average Bonchev–Trinajstić information content (AvgIpc) is 2.62. The van der Waals surface area contributed by atoms with E-state index in [4.69, 9.17) is 14.6 Å². The topological polar surface area (TPSA) is 96.2 Å². The first kappa shape index (κ1) is 18.0. The number of thioether (sulfide) groups is 1. The van der Waals surface area contributed by atoms with Gasteiger partial charge in [-0.15, -0.1) is 0 Å². The molecule has 3 saturated heterocycles. The van der Waals surface area contributed by atoms with Crippen LogP contribution in [0.5, 0.6) is 0 Å². The highest BCUT2D eigenvalue weighted by molar-refractivity contribution is 7.99. The highest BCUT2D eigenvalue weighted by Crippen LogP contribution is 2.34. The molecule has 0 aromatic rings. The second-order valence-electron chi connectivity index (χ2n) is 5.98. The van der Waals surface area contributed by atoms with Crippen molar-refractivity contribution in [3.05, 3.63) is 0 Å². The van der Waals surface area contributed by atoms with Gasteiger partial charge < -0.3 is 24.8 Å². The van der Waals surface area contributed by atoms with Crippen molar-refractivity contribution in [1.82, 2.24) is 0 Å². The van der Waals surface area contributed by atoms with Crippen molar-refractivity contribution in [3.8, 4) is 0 Å². The summed E-state index contributed by atoms with van der Waals surface area (Å²) in [7, 11) is 0. The van der Waals surface area contributed by atoms with Gasteiger partial charge in [0, 0.05) is 24.7 Å². The third-order valence-corrected chi connectivity index (χ3v) is 5.42. The first-order chi connectivity index (χ1) is 10.6. The molecule has 3 rings (SSSR count). The number of carboxylic acids is 1. The predicted octanol–water partition coefficient (Wildman–Crippen LogP) is 1.24. The van der Waals surface area contributed by atoms with E-state index in [1.807, 2.05) is 0 Å². The van der Waals surface area contributed by atoms with Gasteiger partial charge in [0.1, 0.15) is 6.10 Å². The number of hydrogen-bond acceptors (Lipinski definition) is 6. The van der Waals surface area contributed by atoms with E-state index in [9.17, 15) is 15.0 Å². The molecule has 6 nitrogen and oxygen atoms in total. The molecule has 0 radical (unpaired) electrons. The van der Waals surface area contributed by atoms with Crippen LogP contribution in [-0.2, 0) is 14.3 Å². The van der Waals surface area contributed by atoms with Gasteiger partial charge in [-0.25, -0.2) is 0 Å². The molecule has 128 valence electrons. The third-order valence-electron chi connectivity index (χ3n) is 4.28. The summed E-state index contributed by atoms with van der Waals surface area (Å²) in [6.07, 6.45) is 1.85. The molecule has 0 aromatic heterocycles. The SMILES string of the molecule is O=C(O)CCCCSCC1OC2OCCCCC1C(O)C2O. The van der Waals surface area contributed by atoms with Gasteiger partial charge in [0.05, 0.1) is 12.2 Å². The number of aliphatic carboxylic acids is 1. The van der Waals surface area contributed by atoms with E-state index in [0.717, 1.165) is 37.2 Å². The van der Waals surface area contributed by atoms with Gasteiger partial charge in [-0.05, 0) is 31.4 Å². The van der Waals surface area contributed by atoms with Gasteiger partial charge in [0.2, 0.25) is 0 Å². The lowest BCUT2D eigenvalue weighted by atomic mass is 9.86. The Balaban J connectivity index is 1.78. The Kier molecular flexibility index (Phi) is 7.43. The number of unbranched alkanes of at least 4 members (excludes halogenated alkanes) is 1. The van der Waals surface area contributed by atoms with Crippen LogP contribution in [0.4, 0.5) is 0 Å². The summed E-state index contributed by atoms with van der Waals surface area (Å²) < 4.78 is 11.4. The molecule has 3 N–H and O–H groups in total. The molecule has 22 heavy (non-hydrogen) atoms. The molecule has 0 amide bonds. The van der Waals surface area contributed by atoms with Crippen molar-refractivity contribution in [2.24, 2.45) is 5.92 Å². The number of rotatable bonds is 7. The Hall–Kier alpha value is -0.340. The van der Waals surface area contributed by atoms with E-state index >= 15 is 0 Å². The summed E-state index contributed by atoms with van der Waals surface area (Å²) in [5.74, 6) is 0.807. The second kappa shape index (κ2) is 9.08. The number of aliphatic hydroxyl groups excluding tert-OH is 2. The van der Waals surface area contributed by atoms with E-state index in [0.29, 0.717) is 13.0 Å². The zero-order valence-electron chi connectivity index (χ0n) is 12.7. The maximum atomic E-state index is 10.4. The minimum atomic E-state index is -0.972. The van der Waals surface area contributed by atoms with Gasteiger partial charge >= 0.3 is 5.97 Å². The number of carbonyl (C=O) groups is 1. The lowest BCUT2D eigenvalue weighted by molar-refractivity contribution is -0.277. The van der Waals surface area contributed by atoms with Crippen molar-refractivity contribution in [2.75, 3.05) is 18.1 Å². The van der Waals surface area contributed by atoms with Gasteiger partial charge in [-0.1, -0.05) is 6.42 Å². The van der Waals surface area contributed by atoms with Gasteiger partial charge in [0.25, 0.3) is 0 Å².